The molecule has 0 amide bonds. The molecule has 0 radical (unpaired) electrons. The molecule has 5 heteroatoms. The number of aliphatic hydroxyl groups excluding tert-OH is 1. The van der Waals surface area contributed by atoms with Crippen LogP contribution >= 0.6 is 21.6 Å². The molecule has 0 atom stereocenters. The first-order valence-corrected chi connectivity index (χ1v) is 6.10. The van der Waals surface area contributed by atoms with Gasteiger partial charge in [-0.3, -0.25) is 0 Å². The lowest BCUT2D eigenvalue weighted by molar-refractivity contribution is -0.143. The highest BCUT2D eigenvalue weighted by molar-refractivity contribution is 8.77. The normalized spacial score (nSPS) is 11.0. The van der Waals surface area contributed by atoms with E-state index in [1.165, 1.54) is 21.6 Å². The molecule has 0 spiro atoms. The summed E-state index contributed by atoms with van der Waals surface area (Å²) in [4.78, 5) is 10.3. The first-order valence-electron chi connectivity index (χ1n) is 3.78. The largest absolute Gasteiger partial charge is 0.445 e. The summed E-state index contributed by atoms with van der Waals surface area (Å²) in [5.41, 5.74) is 0. The maximum Gasteiger partial charge on any atom is 0.331 e. The minimum atomic E-state index is -0.578. The fourth-order valence-corrected chi connectivity index (χ4v) is 2.51. The molecule has 0 aliphatic heterocycles. The molecular weight excluding hydrogens is 208 g/mol. The van der Waals surface area contributed by atoms with Crippen LogP contribution in [0.3, 0.4) is 0 Å². The van der Waals surface area contributed by atoms with Crippen molar-refractivity contribution in [2.75, 3.05) is 12.4 Å². The highest BCUT2D eigenvalue weighted by Crippen LogP contribution is 2.36. The van der Waals surface area contributed by atoms with Crippen molar-refractivity contribution in [1.29, 1.82) is 0 Å². The van der Waals surface area contributed by atoms with Gasteiger partial charge in [0.25, 0.3) is 0 Å². The van der Waals surface area contributed by atoms with Crippen molar-refractivity contribution in [1.82, 2.24) is 0 Å². The predicted molar refractivity (Wildman–Crippen MR) is 57.5 cm³/mol. The number of hydrogen-bond acceptors (Lipinski definition) is 5. The quantitative estimate of drug-likeness (QED) is 0.244. The smallest absolute Gasteiger partial charge is 0.331 e. The van der Waals surface area contributed by atoms with Crippen LogP contribution in [0.2, 0.25) is 0 Å². The molecule has 0 aliphatic carbocycles. The Morgan fingerprint density at radius 3 is 2.77 bits per heavy atom. The van der Waals surface area contributed by atoms with E-state index in [0.29, 0.717) is 5.75 Å². The molecule has 0 saturated carbocycles. The van der Waals surface area contributed by atoms with Crippen molar-refractivity contribution in [2.24, 2.45) is 0 Å². The van der Waals surface area contributed by atoms with Gasteiger partial charge in [-0.2, -0.15) is 0 Å². The third-order valence-corrected chi connectivity index (χ3v) is 3.96. The van der Waals surface area contributed by atoms with Crippen LogP contribution in [-0.4, -0.2) is 28.4 Å². The third-order valence-electron chi connectivity index (χ3n) is 0.947. The SMILES string of the molecule is C=CC(=O)OC(C)(C)SSCCO. The van der Waals surface area contributed by atoms with Crippen LogP contribution in [0, 0.1) is 0 Å². The van der Waals surface area contributed by atoms with Crippen LogP contribution in [0.4, 0.5) is 0 Å². The average molecular weight is 222 g/mol. The molecule has 0 aromatic heterocycles. The first kappa shape index (κ1) is 12.9. The van der Waals surface area contributed by atoms with E-state index in [4.69, 9.17) is 9.84 Å². The third kappa shape index (κ3) is 6.98. The van der Waals surface area contributed by atoms with Gasteiger partial charge in [0.2, 0.25) is 0 Å². The molecule has 0 bridgehead atoms. The summed E-state index contributed by atoms with van der Waals surface area (Å²) in [5, 5.41) is 8.53. The van der Waals surface area contributed by atoms with Gasteiger partial charge in [-0.15, -0.1) is 0 Å². The number of carbonyl (C=O) groups excluding carboxylic acids is 1. The zero-order chi connectivity index (χ0) is 10.3. The van der Waals surface area contributed by atoms with Crippen molar-refractivity contribution in [3.63, 3.8) is 0 Å². The Morgan fingerprint density at radius 2 is 2.31 bits per heavy atom. The van der Waals surface area contributed by atoms with Gasteiger partial charge in [0, 0.05) is 11.8 Å². The van der Waals surface area contributed by atoms with Gasteiger partial charge in [-0.1, -0.05) is 17.4 Å². The molecule has 13 heavy (non-hydrogen) atoms. The molecule has 0 rings (SSSR count). The zero-order valence-corrected chi connectivity index (χ0v) is 9.41. The van der Waals surface area contributed by atoms with E-state index in [1.54, 1.807) is 13.8 Å². The summed E-state index contributed by atoms with van der Waals surface area (Å²) in [6.07, 6.45) is 1.14. The molecule has 0 aromatic rings. The number of ether oxygens (including phenoxy) is 1. The summed E-state index contributed by atoms with van der Waals surface area (Å²) < 4.78 is 5.04. The van der Waals surface area contributed by atoms with Gasteiger partial charge in [-0.25, -0.2) is 4.79 Å². The maximum absolute atomic E-state index is 10.8. The van der Waals surface area contributed by atoms with Gasteiger partial charge in [-0.05, 0) is 24.6 Å². The second-order valence-corrected chi connectivity index (χ2v) is 5.65. The van der Waals surface area contributed by atoms with Crippen LogP contribution in [-0.2, 0) is 9.53 Å². The lowest BCUT2D eigenvalue weighted by Crippen LogP contribution is -2.22. The van der Waals surface area contributed by atoms with E-state index in [-0.39, 0.29) is 6.61 Å². The van der Waals surface area contributed by atoms with Crippen LogP contribution in [0.5, 0.6) is 0 Å². The van der Waals surface area contributed by atoms with Crippen molar-refractivity contribution in [3.05, 3.63) is 12.7 Å². The second kappa shape index (κ2) is 6.34. The molecule has 0 aliphatic rings. The molecule has 0 unspecified atom stereocenters. The highest BCUT2D eigenvalue weighted by Gasteiger charge is 2.22. The fourth-order valence-electron chi connectivity index (χ4n) is 0.522. The molecule has 0 saturated heterocycles. The Balaban J connectivity index is 3.78. The first-order chi connectivity index (χ1) is 6.02. The summed E-state index contributed by atoms with van der Waals surface area (Å²) in [6, 6.07) is 0. The van der Waals surface area contributed by atoms with E-state index in [0.717, 1.165) is 6.08 Å². The van der Waals surface area contributed by atoms with Crippen molar-refractivity contribution >= 4 is 27.6 Å². The van der Waals surface area contributed by atoms with E-state index in [9.17, 15) is 4.79 Å². The van der Waals surface area contributed by atoms with E-state index in [2.05, 4.69) is 6.58 Å². The molecule has 3 nitrogen and oxygen atoms in total. The standard InChI is InChI=1S/C8H14O3S2/c1-4-7(10)11-8(2,3)13-12-6-5-9/h4,9H,1,5-6H2,2-3H3. The minimum Gasteiger partial charge on any atom is -0.445 e. The molecule has 1 N–H and O–H groups in total. The van der Waals surface area contributed by atoms with Gasteiger partial charge >= 0.3 is 5.97 Å². The van der Waals surface area contributed by atoms with Gasteiger partial charge in [0.1, 0.15) is 0 Å². The van der Waals surface area contributed by atoms with Crippen molar-refractivity contribution < 1.29 is 14.6 Å². The number of carbonyl (C=O) groups is 1. The summed E-state index contributed by atoms with van der Waals surface area (Å²) in [7, 11) is 2.88. The minimum absolute atomic E-state index is 0.128. The Kier molecular flexibility index (Phi) is 6.28. The maximum atomic E-state index is 10.8. The number of rotatable bonds is 6. The van der Waals surface area contributed by atoms with Gasteiger partial charge < -0.3 is 9.84 Å². The van der Waals surface area contributed by atoms with E-state index < -0.39 is 10.9 Å². The molecule has 0 fully saturated rings. The second-order valence-electron chi connectivity index (χ2n) is 2.65. The zero-order valence-electron chi connectivity index (χ0n) is 7.78. The van der Waals surface area contributed by atoms with Crippen molar-refractivity contribution in [2.45, 2.75) is 18.8 Å². The van der Waals surface area contributed by atoms with Crippen LogP contribution in [0.25, 0.3) is 0 Å². The fraction of sp³-hybridized carbons (Fsp3) is 0.625. The Hall–Kier alpha value is -0.130. The highest BCUT2D eigenvalue weighted by atomic mass is 33.1. The van der Waals surface area contributed by atoms with E-state index in [1.807, 2.05) is 0 Å². The van der Waals surface area contributed by atoms with Gasteiger partial charge in [0.15, 0.2) is 4.93 Å². The van der Waals surface area contributed by atoms with Crippen LogP contribution in [0.1, 0.15) is 13.8 Å². The van der Waals surface area contributed by atoms with Gasteiger partial charge in [0.05, 0.1) is 6.61 Å². The summed E-state index contributed by atoms with van der Waals surface area (Å²) in [6.45, 7) is 7.03. The predicted octanol–water partition coefficient (Wildman–Crippen LogP) is 1.83. The van der Waals surface area contributed by atoms with E-state index >= 15 is 0 Å². The number of esters is 1. The van der Waals surface area contributed by atoms with Crippen molar-refractivity contribution in [3.8, 4) is 0 Å². The lowest BCUT2D eigenvalue weighted by Gasteiger charge is -2.22. The Morgan fingerprint density at radius 1 is 1.69 bits per heavy atom. The topological polar surface area (TPSA) is 46.5 Å². The lowest BCUT2D eigenvalue weighted by atomic mass is 10.4. The average Bonchev–Trinajstić information content (AvgIpc) is 2.03. The molecule has 76 valence electrons. The summed E-state index contributed by atoms with van der Waals surface area (Å²) in [5.74, 6) is 0.196. The summed E-state index contributed by atoms with van der Waals surface area (Å²) >= 11 is 0. The number of hydrogen-bond donors (Lipinski definition) is 1. The molecular formula is C8H14O3S2. The van der Waals surface area contributed by atoms with Crippen LogP contribution < -0.4 is 0 Å². The van der Waals surface area contributed by atoms with Crippen LogP contribution in [0.15, 0.2) is 12.7 Å². The monoisotopic (exact) mass is 222 g/mol. The Labute approximate surface area is 86.3 Å². The molecule has 0 heterocycles. The molecule has 0 aromatic carbocycles. The Bertz CT molecular complexity index is 180. The number of aliphatic hydroxyl groups is 1.